The average molecular weight is 362 g/mol. The number of aromatic amines is 1. The van der Waals surface area contributed by atoms with Crippen LogP contribution in [-0.2, 0) is 11.4 Å². The predicted molar refractivity (Wildman–Crippen MR) is 97.8 cm³/mol. The first-order valence-corrected chi connectivity index (χ1v) is 9.09. The zero-order valence-corrected chi connectivity index (χ0v) is 15.4. The number of hydrogen-bond acceptors (Lipinski definition) is 3. The lowest BCUT2D eigenvalue weighted by molar-refractivity contribution is -0.130. The number of aromatic nitrogens is 2. The molecule has 1 aromatic carbocycles. The van der Waals surface area contributed by atoms with Crippen molar-refractivity contribution in [3.63, 3.8) is 0 Å². The van der Waals surface area contributed by atoms with Crippen LogP contribution in [-0.4, -0.2) is 34.1 Å². The van der Waals surface area contributed by atoms with E-state index in [1.807, 2.05) is 29.2 Å². The van der Waals surface area contributed by atoms with Crippen LogP contribution in [0.15, 0.2) is 30.3 Å². The molecule has 1 fully saturated rings. The van der Waals surface area contributed by atoms with Gasteiger partial charge in [0.15, 0.2) is 0 Å². The number of nitrogens with one attached hydrogen (secondary N) is 1. The number of carbonyl (C=O) groups is 1. The molecule has 0 radical (unpaired) electrons. The molecule has 1 N–H and O–H groups in total. The van der Waals surface area contributed by atoms with Crippen molar-refractivity contribution in [3.05, 3.63) is 46.7 Å². The first-order chi connectivity index (χ1) is 12.0. The number of amides is 1. The van der Waals surface area contributed by atoms with Crippen molar-refractivity contribution in [2.45, 2.75) is 39.2 Å². The van der Waals surface area contributed by atoms with E-state index in [1.54, 1.807) is 6.07 Å². The molecule has 1 amide bonds. The molecule has 0 spiro atoms. The molecule has 1 saturated heterocycles. The molecule has 3 rings (SSSR count). The van der Waals surface area contributed by atoms with Crippen molar-refractivity contribution in [2.75, 3.05) is 13.1 Å². The van der Waals surface area contributed by atoms with Crippen LogP contribution in [0.4, 0.5) is 0 Å². The highest BCUT2D eigenvalue weighted by molar-refractivity contribution is 6.30. The van der Waals surface area contributed by atoms with Crippen molar-refractivity contribution in [1.82, 2.24) is 15.1 Å². The zero-order valence-electron chi connectivity index (χ0n) is 14.7. The lowest BCUT2D eigenvalue weighted by atomic mass is 10.1. The number of nitrogens with zero attached hydrogens (tertiary/aromatic N) is 2. The summed E-state index contributed by atoms with van der Waals surface area (Å²) in [7, 11) is 0. The summed E-state index contributed by atoms with van der Waals surface area (Å²) in [4.78, 5) is 14.2. The molecule has 1 atom stereocenters. The molecule has 1 aromatic heterocycles. The fourth-order valence-electron chi connectivity index (χ4n) is 3.09. The van der Waals surface area contributed by atoms with Gasteiger partial charge in [-0.2, -0.15) is 5.10 Å². The maximum absolute atomic E-state index is 12.2. The summed E-state index contributed by atoms with van der Waals surface area (Å²) in [5.74, 6) is 1.67. The molecule has 0 bridgehead atoms. The molecular formula is C19H24ClN3O2. The van der Waals surface area contributed by atoms with Gasteiger partial charge in [-0.1, -0.05) is 31.5 Å². The van der Waals surface area contributed by atoms with Crippen molar-refractivity contribution in [3.8, 4) is 5.75 Å². The zero-order chi connectivity index (χ0) is 17.8. The summed E-state index contributed by atoms with van der Waals surface area (Å²) in [6.45, 7) is 6.13. The van der Waals surface area contributed by atoms with Gasteiger partial charge in [0.1, 0.15) is 12.4 Å². The van der Waals surface area contributed by atoms with Crippen LogP contribution in [0.1, 0.15) is 44.0 Å². The number of likely N-dealkylation sites (tertiary alicyclic amines) is 1. The number of carbonyl (C=O) groups excluding carboxylic acids is 1. The number of benzene rings is 1. The third-order valence-electron chi connectivity index (χ3n) is 4.38. The van der Waals surface area contributed by atoms with E-state index >= 15 is 0 Å². The van der Waals surface area contributed by atoms with Gasteiger partial charge >= 0.3 is 0 Å². The number of H-pyrrole nitrogens is 1. The summed E-state index contributed by atoms with van der Waals surface area (Å²) in [6, 6.07) is 9.37. The Balaban J connectivity index is 1.54. The minimum Gasteiger partial charge on any atom is -0.487 e. The molecule has 134 valence electrons. The van der Waals surface area contributed by atoms with Gasteiger partial charge in [0, 0.05) is 30.5 Å². The summed E-state index contributed by atoms with van der Waals surface area (Å²) >= 11 is 5.96. The first-order valence-electron chi connectivity index (χ1n) is 8.71. The van der Waals surface area contributed by atoms with Crippen LogP contribution in [0.25, 0.3) is 0 Å². The molecule has 2 heterocycles. The minimum absolute atomic E-state index is 0.248. The lowest BCUT2D eigenvalue weighted by Crippen LogP contribution is -2.29. The first kappa shape index (κ1) is 17.8. The van der Waals surface area contributed by atoms with Crippen molar-refractivity contribution < 1.29 is 9.53 Å². The van der Waals surface area contributed by atoms with Gasteiger partial charge in [0.25, 0.3) is 0 Å². The van der Waals surface area contributed by atoms with Gasteiger partial charge in [-0.3, -0.25) is 9.89 Å². The summed E-state index contributed by atoms with van der Waals surface area (Å²) in [5, 5.41) is 8.10. The number of halogens is 1. The minimum atomic E-state index is 0.248. The Kier molecular flexibility index (Phi) is 5.63. The molecule has 0 aliphatic carbocycles. The molecule has 0 unspecified atom stereocenters. The van der Waals surface area contributed by atoms with Gasteiger partial charge < -0.3 is 9.64 Å². The number of rotatable bonds is 6. The van der Waals surface area contributed by atoms with Gasteiger partial charge in [0.05, 0.1) is 11.4 Å². The average Bonchev–Trinajstić information content (AvgIpc) is 3.21. The summed E-state index contributed by atoms with van der Waals surface area (Å²) in [5.41, 5.74) is 1.92. The van der Waals surface area contributed by atoms with Crippen LogP contribution in [0.3, 0.4) is 0 Å². The van der Waals surface area contributed by atoms with E-state index in [9.17, 15) is 4.79 Å². The van der Waals surface area contributed by atoms with Crippen LogP contribution < -0.4 is 4.74 Å². The summed E-state index contributed by atoms with van der Waals surface area (Å²) in [6.07, 6.45) is 1.58. The van der Waals surface area contributed by atoms with Gasteiger partial charge in [0.2, 0.25) is 5.91 Å². The normalized spacial score (nSPS) is 17.3. The van der Waals surface area contributed by atoms with E-state index in [2.05, 4.69) is 24.0 Å². The monoisotopic (exact) mass is 361 g/mol. The van der Waals surface area contributed by atoms with Crippen molar-refractivity contribution in [1.29, 1.82) is 0 Å². The van der Waals surface area contributed by atoms with Crippen LogP contribution in [0.2, 0.25) is 5.02 Å². The molecule has 2 aromatic rings. The number of ether oxygens (including phenoxy) is 1. The van der Waals surface area contributed by atoms with Gasteiger partial charge in [-0.25, -0.2) is 0 Å². The fraction of sp³-hybridized carbons (Fsp3) is 0.474. The molecule has 5 nitrogen and oxygen atoms in total. The number of hydrogen-bond donors (Lipinski definition) is 1. The van der Waals surface area contributed by atoms with Crippen LogP contribution in [0.5, 0.6) is 5.75 Å². The SMILES string of the molecule is CC(C)CC(=O)N1CC[C@H](c2cc(COc3cccc(Cl)c3)[nH]n2)C1. The highest BCUT2D eigenvalue weighted by Crippen LogP contribution is 2.27. The molecule has 1 aliphatic rings. The second kappa shape index (κ2) is 7.91. The quantitative estimate of drug-likeness (QED) is 0.845. The summed E-state index contributed by atoms with van der Waals surface area (Å²) < 4.78 is 5.73. The van der Waals surface area contributed by atoms with Gasteiger partial charge in [-0.05, 0) is 36.6 Å². The lowest BCUT2D eigenvalue weighted by Gasteiger charge is -2.17. The topological polar surface area (TPSA) is 58.2 Å². The Morgan fingerprint density at radius 2 is 2.28 bits per heavy atom. The fourth-order valence-corrected chi connectivity index (χ4v) is 3.27. The Morgan fingerprint density at radius 1 is 1.44 bits per heavy atom. The second-order valence-corrected chi connectivity index (χ2v) is 7.42. The van der Waals surface area contributed by atoms with Crippen molar-refractivity contribution >= 4 is 17.5 Å². The maximum Gasteiger partial charge on any atom is 0.222 e. The van der Waals surface area contributed by atoms with Gasteiger partial charge in [-0.15, -0.1) is 0 Å². The Morgan fingerprint density at radius 3 is 3.04 bits per heavy atom. The molecule has 25 heavy (non-hydrogen) atoms. The van der Waals surface area contributed by atoms with E-state index < -0.39 is 0 Å². The van der Waals surface area contributed by atoms with Crippen molar-refractivity contribution in [2.24, 2.45) is 5.92 Å². The highest BCUT2D eigenvalue weighted by atomic mass is 35.5. The largest absolute Gasteiger partial charge is 0.487 e. The Labute approximate surface area is 153 Å². The maximum atomic E-state index is 12.2. The molecule has 1 aliphatic heterocycles. The van der Waals surface area contributed by atoms with E-state index in [-0.39, 0.29) is 5.91 Å². The Hall–Kier alpha value is -2.01. The predicted octanol–water partition coefficient (Wildman–Crippen LogP) is 4.00. The Bertz CT molecular complexity index is 729. The second-order valence-electron chi connectivity index (χ2n) is 6.99. The van der Waals surface area contributed by atoms with E-state index in [0.29, 0.717) is 29.9 Å². The smallest absolute Gasteiger partial charge is 0.222 e. The van der Waals surface area contributed by atoms with Crippen LogP contribution in [0, 0.1) is 5.92 Å². The van der Waals surface area contributed by atoms with E-state index in [0.717, 1.165) is 36.6 Å². The third-order valence-corrected chi connectivity index (χ3v) is 4.62. The third kappa shape index (κ3) is 4.75. The van der Waals surface area contributed by atoms with E-state index in [4.69, 9.17) is 16.3 Å². The highest BCUT2D eigenvalue weighted by Gasteiger charge is 2.29. The van der Waals surface area contributed by atoms with Crippen LogP contribution >= 0.6 is 11.6 Å². The van der Waals surface area contributed by atoms with E-state index in [1.165, 1.54) is 0 Å². The molecule has 0 saturated carbocycles. The standard InChI is InChI=1S/C19H24ClN3O2/c1-13(2)8-19(24)23-7-6-14(11-23)18-10-16(21-22-18)12-25-17-5-3-4-15(20)9-17/h3-5,9-10,13-14H,6-8,11-12H2,1-2H3,(H,21,22)/t14-/m0/s1. The molecular weight excluding hydrogens is 338 g/mol. The molecule has 6 heteroatoms.